The van der Waals surface area contributed by atoms with E-state index in [1.54, 1.807) is 36.3 Å². The molecular formula is C18H18FN3S. The van der Waals surface area contributed by atoms with Gasteiger partial charge in [-0.3, -0.25) is 4.98 Å². The third-order valence-corrected chi connectivity index (χ3v) is 4.80. The van der Waals surface area contributed by atoms with E-state index < -0.39 is 0 Å². The van der Waals surface area contributed by atoms with E-state index in [1.165, 1.54) is 12.1 Å². The van der Waals surface area contributed by atoms with Crippen LogP contribution in [0.3, 0.4) is 0 Å². The van der Waals surface area contributed by atoms with Crippen molar-refractivity contribution in [1.29, 1.82) is 0 Å². The minimum atomic E-state index is -0.240. The molecule has 0 aliphatic carbocycles. The number of pyridine rings is 1. The Morgan fingerprint density at radius 2 is 1.74 bits per heavy atom. The van der Waals surface area contributed by atoms with Crippen molar-refractivity contribution in [2.45, 2.75) is 18.5 Å². The molecule has 3 aromatic rings. The van der Waals surface area contributed by atoms with Crippen LogP contribution >= 0.6 is 11.8 Å². The second-order valence-corrected chi connectivity index (χ2v) is 6.30. The number of hydrogen-bond acceptors (Lipinski definition) is 3. The predicted molar refractivity (Wildman–Crippen MR) is 92.8 cm³/mol. The summed E-state index contributed by atoms with van der Waals surface area (Å²) in [7, 11) is 2.02. The molecule has 1 aromatic carbocycles. The first-order valence-electron chi connectivity index (χ1n) is 7.56. The fraction of sp³-hybridized carbons (Fsp3) is 0.222. The molecule has 0 bridgehead atoms. The molecule has 0 fully saturated rings. The average molecular weight is 327 g/mol. The van der Waals surface area contributed by atoms with Crippen LogP contribution in [0.5, 0.6) is 0 Å². The summed E-state index contributed by atoms with van der Waals surface area (Å²) < 4.78 is 15.3. The second kappa shape index (κ2) is 6.96. The van der Waals surface area contributed by atoms with E-state index in [1.807, 2.05) is 19.2 Å². The van der Waals surface area contributed by atoms with Gasteiger partial charge >= 0.3 is 0 Å². The summed E-state index contributed by atoms with van der Waals surface area (Å²) >= 11 is 1.74. The van der Waals surface area contributed by atoms with E-state index in [0.717, 1.165) is 39.8 Å². The van der Waals surface area contributed by atoms with Gasteiger partial charge in [0.05, 0.1) is 11.4 Å². The fourth-order valence-corrected chi connectivity index (χ4v) is 3.28. The van der Waals surface area contributed by atoms with Crippen molar-refractivity contribution in [3.8, 4) is 22.5 Å². The summed E-state index contributed by atoms with van der Waals surface area (Å²) in [4.78, 5) is 8.89. The first-order chi connectivity index (χ1) is 11.2. The maximum atomic E-state index is 13.2. The van der Waals surface area contributed by atoms with Crippen molar-refractivity contribution in [2.24, 2.45) is 7.05 Å². The van der Waals surface area contributed by atoms with Gasteiger partial charge in [-0.2, -0.15) is 0 Å². The highest BCUT2D eigenvalue weighted by Crippen LogP contribution is 2.35. The summed E-state index contributed by atoms with van der Waals surface area (Å²) in [6.07, 6.45) is 4.64. The van der Waals surface area contributed by atoms with E-state index in [2.05, 4.69) is 16.5 Å². The number of aromatic nitrogens is 3. The van der Waals surface area contributed by atoms with E-state index in [9.17, 15) is 4.39 Å². The molecule has 0 aliphatic rings. The van der Waals surface area contributed by atoms with Crippen LogP contribution in [0.1, 0.15) is 13.3 Å². The molecule has 0 saturated carbocycles. The molecule has 0 saturated heterocycles. The smallest absolute Gasteiger partial charge is 0.168 e. The van der Waals surface area contributed by atoms with Gasteiger partial charge in [-0.25, -0.2) is 9.37 Å². The molecule has 0 amide bonds. The highest BCUT2D eigenvalue weighted by Gasteiger charge is 2.18. The van der Waals surface area contributed by atoms with Crippen LogP contribution < -0.4 is 0 Å². The zero-order valence-corrected chi connectivity index (χ0v) is 14.0. The molecule has 5 heteroatoms. The Labute approximate surface area is 139 Å². The van der Waals surface area contributed by atoms with Gasteiger partial charge in [-0.1, -0.05) is 18.7 Å². The number of rotatable bonds is 5. The summed E-state index contributed by atoms with van der Waals surface area (Å²) in [5.74, 6) is 0.777. The third kappa shape index (κ3) is 3.29. The van der Waals surface area contributed by atoms with Crippen LogP contribution in [0.25, 0.3) is 22.5 Å². The quantitative estimate of drug-likeness (QED) is 0.631. The largest absolute Gasteiger partial charge is 0.322 e. The first kappa shape index (κ1) is 15.7. The molecule has 0 atom stereocenters. The Morgan fingerprint density at radius 1 is 1.04 bits per heavy atom. The molecular weight excluding hydrogens is 309 g/mol. The van der Waals surface area contributed by atoms with Crippen LogP contribution in [0.4, 0.5) is 4.39 Å². The SMILES string of the molecule is CCCSc1nc(-c2ccc(F)cc2)c(-c2ccncc2)n1C. The molecule has 23 heavy (non-hydrogen) atoms. The molecule has 0 unspecified atom stereocenters. The topological polar surface area (TPSA) is 30.7 Å². The van der Waals surface area contributed by atoms with Crippen molar-refractivity contribution < 1.29 is 4.39 Å². The standard InChI is InChI=1S/C18H18FN3S/c1-3-12-23-18-21-16(13-4-6-15(19)7-5-13)17(22(18)2)14-8-10-20-11-9-14/h4-11H,3,12H2,1-2H3. The monoisotopic (exact) mass is 327 g/mol. The van der Waals surface area contributed by atoms with Crippen molar-refractivity contribution in [2.75, 3.05) is 5.75 Å². The number of imidazole rings is 1. The lowest BCUT2D eigenvalue weighted by Gasteiger charge is -2.07. The fourth-order valence-electron chi connectivity index (χ4n) is 2.45. The molecule has 0 radical (unpaired) electrons. The number of benzene rings is 1. The van der Waals surface area contributed by atoms with Gasteiger partial charge in [0, 0.05) is 36.3 Å². The Bertz CT molecular complexity index is 782. The van der Waals surface area contributed by atoms with E-state index in [0.29, 0.717) is 0 Å². The third-order valence-electron chi connectivity index (χ3n) is 3.56. The van der Waals surface area contributed by atoms with Gasteiger partial charge in [-0.05, 0) is 42.8 Å². The molecule has 3 nitrogen and oxygen atoms in total. The number of thioether (sulfide) groups is 1. The zero-order chi connectivity index (χ0) is 16.2. The van der Waals surface area contributed by atoms with E-state index in [4.69, 9.17) is 4.98 Å². The lowest BCUT2D eigenvalue weighted by molar-refractivity contribution is 0.628. The first-order valence-corrected chi connectivity index (χ1v) is 8.55. The van der Waals surface area contributed by atoms with Gasteiger partial charge < -0.3 is 4.57 Å². The summed E-state index contributed by atoms with van der Waals surface area (Å²) in [5, 5.41) is 0.970. The Balaban J connectivity index is 2.15. The van der Waals surface area contributed by atoms with Crippen molar-refractivity contribution >= 4 is 11.8 Å². The van der Waals surface area contributed by atoms with Crippen LogP contribution in [0.15, 0.2) is 53.9 Å². The predicted octanol–water partition coefficient (Wildman–Crippen LogP) is 4.79. The van der Waals surface area contributed by atoms with E-state index >= 15 is 0 Å². The minimum Gasteiger partial charge on any atom is -0.322 e. The number of nitrogens with zero attached hydrogens (tertiary/aromatic N) is 3. The van der Waals surface area contributed by atoms with Gasteiger partial charge in [0.25, 0.3) is 0 Å². The Hall–Kier alpha value is -2.14. The lowest BCUT2D eigenvalue weighted by atomic mass is 10.1. The van der Waals surface area contributed by atoms with Gasteiger partial charge in [-0.15, -0.1) is 0 Å². The highest BCUT2D eigenvalue weighted by molar-refractivity contribution is 7.99. The number of hydrogen-bond donors (Lipinski definition) is 0. The van der Waals surface area contributed by atoms with Crippen molar-refractivity contribution in [3.63, 3.8) is 0 Å². The average Bonchev–Trinajstić information content (AvgIpc) is 2.91. The molecule has 2 heterocycles. The van der Waals surface area contributed by atoms with Gasteiger partial charge in [0.1, 0.15) is 5.82 Å². The molecule has 3 rings (SSSR count). The molecule has 0 N–H and O–H groups in total. The van der Waals surface area contributed by atoms with Crippen LogP contribution in [0.2, 0.25) is 0 Å². The maximum absolute atomic E-state index is 13.2. The van der Waals surface area contributed by atoms with Crippen LogP contribution in [-0.4, -0.2) is 20.3 Å². The second-order valence-electron chi connectivity index (χ2n) is 5.24. The minimum absolute atomic E-state index is 0.240. The Kier molecular flexibility index (Phi) is 4.76. The normalized spacial score (nSPS) is 10.9. The molecule has 118 valence electrons. The van der Waals surface area contributed by atoms with Crippen LogP contribution in [-0.2, 0) is 7.05 Å². The number of halogens is 1. The summed E-state index contributed by atoms with van der Waals surface area (Å²) in [5.41, 5.74) is 3.87. The zero-order valence-electron chi connectivity index (χ0n) is 13.2. The molecule has 0 aliphatic heterocycles. The summed E-state index contributed by atoms with van der Waals surface area (Å²) in [6, 6.07) is 10.4. The molecule has 0 spiro atoms. The van der Waals surface area contributed by atoms with Crippen LogP contribution in [0, 0.1) is 5.82 Å². The van der Waals surface area contributed by atoms with Gasteiger partial charge in [0.15, 0.2) is 5.16 Å². The highest BCUT2D eigenvalue weighted by atomic mass is 32.2. The maximum Gasteiger partial charge on any atom is 0.168 e. The molecule has 2 aromatic heterocycles. The van der Waals surface area contributed by atoms with Crippen molar-refractivity contribution in [3.05, 3.63) is 54.6 Å². The Morgan fingerprint density at radius 3 is 2.39 bits per heavy atom. The van der Waals surface area contributed by atoms with Crippen molar-refractivity contribution in [1.82, 2.24) is 14.5 Å². The lowest BCUT2D eigenvalue weighted by Crippen LogP contribution is -1.95. The summed E-state index contributed by atoms with van der Waals surface area (Å²) in [6.45, 7) is 2.15. The van der Waals surface area contributed by atoms with E-state index in [-0.39, 0.29) is 5.82 Å². The van der Waals surface area contributed by atoms with Gasteiger partial charge in [0.2, 0.25) is 0 Å².